The summed E-state index contributed by atoms with van der Waals surface area (Å²) in [6.07, 6.45) is 0.571. The molecule has 0 saturated heterocycles. The molecule has 0 saturated carbocycles. The monoisotopic (exact) mass is 298 g/mol. The molecule has 2 rings (SSSR count). The van der Waals surface area contributed by atoms with Gasteiger partial charge in [-0.2, -0.15) is 0 Å². The highest BCUT2D eigenvalue weighted by Crippen LogP contribution is 2.28. The smallest absolute Gasteiger partial charge is 0.124 e. The molecule has 100 valence electrons. The van der Waals surface area contributed by atoms with E-state index >= 15 is 0 Å². The highest BCUT2D eigenvalue weighted by Gasteiger charge is 2.15. The molecule has 1 atom stereocenters. The van der Waals surface area contributed by atoms with Crippen LogP contribution in [0.1, 0.15) is 17.2 Å². The molecule has 0 fully saturated rings. The fourth-order valence-corrected chi connectivity index (χ4v) is 2.44. The van der Waals surface area contributed by atoms with Crippen LogP contribution in [0.5, 0.6) is 0 Å². The van der Waals surface area contributed by atoms with E-state index in [1.165, 1.54) is 12.1 Å². The molecular weight excluding hydrogens is 286 g/mol. The third-order valence-electron chi connectivity index (χ3n) is 2.92. The second-order valence-corrected chi connectivity index (χ2v) is 5.00. The van der Waals surface area contributed by atoms with Crippen LogP contribution < -0.4 is 11.3 Å². The molecule has 0 aliphatic rings. The standard InChI is InChI=1S/C14H13Cl2FN2/c15-12-4-2-1-3-9(12)7-14(19-18)11-6-5-10(17)8-13(11)16/h1-6,8,14,19H,7,18H2. The van der Waals surface area contributed by atoms with Crippen molar-refractivity contribution in [2.45, 2.75) is 12.5 Å². The van der Waals surface area contributed by atoms with E-state index in [1.807, 2.05) is 24.3 Å². The van der Waals surface area contributed by atoms with Gasteiger partial charge in [0.15, 0.2) is 0 Å². The maximum absolute atomic E-state index is 13.0. The number of hydrogen-bond donors (Lipinski definition) is 2. The molecule has 0 spiro atoms. The summed E-state index contributed by atoms with van der Waals surface area (Å²) in [5, 5.41) is 1.01. The third kappa shape index (κ3) is 3.45. The van der Waals surface area contributed by atoms with Crippen LogP contribution in [0.15, 0.2) is 42.5 Å². The van der Waals surface area contributed by atoms with E-state index in [-0.39, 0.29) is 11.9 Å². The lowest BCUT2D eigenvalue weighted by molar-refractivity contribution is 0.549. The molecule has 0 radical (unpaired) electrons. The number of nitrogens with one attached hydrogen (secondary N) is 1. The Bertz CT molecular complexity index is 575. The van der Waals surface area contributed by atoms with E-state index in [4.69, 9.17) is 29.0 Å². The lowest BCUT2D eigenvalue weighted by Gasteiger charge is -2.18. The van der Waals surface area contributed by atoms with Crippen molar-refractivity contribution in [1.82, 2.24) is 5.43 Å². The summed E-state index contributed by atoms with van der Waals surface area (Å²) < 4.78 is 13.0. The first-order valence-electron chi connectivity index (χ1n) is 5.76. The van der Waals surface area contributed by atoms with Crippen molar-refractivity contribution in [1.29, 1.82) is 0 Å². The van der Waals surface area contributed by atoms with Gasteiger partial charge in [-0.1, -0.05) is 47.5 Å². The maximum atomic E-state index is 13.0. The minimum atomic E-state index is -0.373. The maximum Gasteiger partial charge on any atom is 0.124 e. The van der Waals surface area contributed by atoms with Gasteiger partial charge >= 0.3 is 0 Å². The van der Waals surface area contributed by atoms with Crippen LogP contribution in [-0.2, 0) is 6.42 Å². The van der Waals surface area contributed by atoms with Crippen molar-refractivity contribution in [3.05, 3.63) is 69.5 Å². The molecule has 2 aromatic rings. The van der Waals surface area contributed by atoms with Crippen LogP contribution in [0.2, 0.25) is 10.0 Å². The summed E-state index contributed by atoms with van der Waals surface area (Å²) in [5.41, 5.74) is 4.38. The van der Waals surface area contributed by atoms with Gasteiger partial charge in [-0.3, -0.25) is 11.3 Å². The van der Waals surface area contributed by atoms with Crippen molar-refractivity contribution >= 4 is 23.2 Å². The van der Waals surface area contributed by atoms with Crippen LogP contribution >= 0.6 is 23.2 Å². The zero-order chi connectivity index (χ0) is 13.8. The molecule has 0 aromatic heterocycles. The van der Waals surface area contributed by atoms with Gasteiger partial charge in [-0.25, -0.2) is 4.39 Å². The van der Waals surface area contributed by atoms with Crippen molar-refractivity contribution in [2.75, 3.05) is 0 Å². The van der Waals surface area contributed by atoms with E-state index < -0.39 is 0 Å². The average molecular weight is 299 g/mol. The predicted octanol–water partition coefficient (Wildman–Crippen LogP) is 3.88. The Morgan fingerprint density at radius 3 is 2.47 bits per heavy atom. The molecule has 5 heteroatoms. The second-order valence-electron chi connectivity index (χ2n) is 4.18. The summed E-state index contributed by atoms with van der Waals surface area (Å²) in [5.74, 6) is 5.19. The molecule has 2 nitrogen and oxygen atoms in total. The van der Waals surface area contributed by atoms with Gasteiger partial charge in [0.1, 0.15) is 5.82 Å². The van der Waals surface area contributed by atoms with Crippen molar-refractivity contribution < 1.29 is 4.39 Å². The number of hydrogen-bond acceptors (Lipinski definition) is 2. The Morgan fingerprint density at radius 2 is 1.84 bits per heavy atom. The van der Waals surface area contributed by atoms with Crippen LogP contribution in [0, 0.1) is 5.82 Å². The number of benzene rings is 2. The van der Waals surface area contributed by atoms with Crippen molar-refractivity contribution in [3.8, 4) is 0 Å². The van der Waals surface area contributed by atoms with E-state index in [0.29, 0.717) is 16.5 Å². The third-order valence-corrected chi connectivity index (χ3v) is 3.62. The fraction of sp³-hybridized carbons (Fsp3) is 0.143. The highest BCUT2D eigenvalue weighted by molar-refractivity contribution is 6.31. The first-order valence-corrected chi connectivity index (χ1v) is 6.52. The number of hydrazine groups is 1. The number of rotatable bonds is 4. The topological polar surface area (TPSA) is 38.0 Å². The Hall–Kier alpha value is -1.13. The van der Waals surface area contributed by atoms with Crippen LogP contribution in [-0.4, -0.2) is 0 Å². The van der Waals surface area contributed by atoms with Gasteiger partial charge in [0.05, 0.1) is 6.04 Å². The highest BCUT2D eigenvalue weighted by atomic mass is 35.5. The minimum Gasteiger partial charge on any atom is -0.271 e. The van der Waals surface area contributed by atoms with Crippen LogP contribution in [0.25, 0.3) is 0 Å². The fourth-order valence-electron chi connectivity index (χ4n) is 1.93. The summed E-state index contributed by atoms with van der Waals surface area (Å²) in [7, 11) is 0. The van der Waals surface area contributed by atoms with Gasteiger partial charge in [-0.15, -0.1) is 0 Å². The van der Waals surface area contributed by atoms with Gasteiger partial charge in [-0.05, 0) is 35.7 Å². The first kappa shape index (κ1) is 14.3. The lowest BCUT2D eigenvalue weighted by Crippen LogP contribution is -2.29. The second kappa shape index (κ2) is 6.35. The zero-order valence-corrected chi connectivity index (χ0v) is 11.5. The quantitative estimate of drug-likeness (QED) is 0.664. The van der Waals surface area contributed by atoms with E-state index in [9.17, 15) is 4.39 Å². The summed E-state index contributed by atoms with van der Waals surface area (Å²) in [6.45, 7) is 0. The molecule has 0 aliphatic heterocycles. The number of nitrogens with two attached hydrogens (primary N) is 1. The number of halogens is 3. The molecule has 0 aliphatic carbocycles. The molecule has 1 unspecified atom stereocenters. The van der Waals surface area contributed by atoms with Crippen LogP contribution in [0.4, 0.5) is 4.39 Å². The molecule has 0 bridgehead atoms. The van der Waals surface area contributed by atoms with E-state index in [1.54, 1.807) is 6.07 Å². The first-order chi connectivity index (χ1) is 9.11. The summed E-state index contributed by atoms with van der Waals surface area (Å²) >= 11 is 12.2. The Kier molecular flexibility index (Phi) is 4.77. The van der Waals surface area contributed by atoms with Gasteiger partial charge in [0, 0.05) is 10.0 Å². The molecule has 19 heavy (non-hydrogen) atoms. The van der Waals surface area contributed by atoms with Gasteiger partial charge < -0.3 is 0 Å². The van der Waals surface area contributed by atoms with E-state index in [0.717, 1.165) is 11.1 Å². The van der Waals surface area contributed by atoms with Crippen LogP contribution in [0.3, 0.4) is 0 Å². The predicted molar refractivity (Wildman–Crippen MR) is 76.6 cm³/mol. The summed E-state index contributed by atoms with van der Waals surface area (Å²) in [6, 6.07) is 11.5. The molecule has 0 amide bonds. The normalized spacial score (nSPS) is 12.4. The zero-order valence-electron chi connectivity index (χ0n) is 10.0. The SMILES string of the molecule is NNC(Cc1ccccc1Cl)c1ccc(F)cc1Cl. The Morgan fingerprint density at radius 1 is 1.11 bits per heavy atom. The van der Waals surface area contributed by atoms with Gasteiger partial charge in [0.25, 0.3) is 0 Å². The summed E-state index contributed by atoms with van der Waals surface area (Å²) in [4.78, 5) is 0. The Balaban J connectivity index is 2.28. The largest absolute Gasteiger partial charge is 0.271 e. The van der Waals surface area contributed by atoms with Gasteiger partial charge in [0.2, 0.25) is 0 Å². The lowest BCUT2D eigenvalue weighted by atomic mass is 9.99. The van der Waals surface area contributed by atoms with E-state index in [2.05, 4.69) is 5.43 Å². The molecule has 2 aromatic carbocycles. The molecule has 0 heterocycles. The average Bonchev–Trinajstić information content (AvgIpc) is 2.39. The van der Waals surface area contributed by atoms with Crippen molar-refractivity contribution in [2.24, 2.45) is 5.84 Å². The minimum absolute atomic E-state index is 0.229. The molecular formula is C14H13Cl2FN2. The Labute approximate surface area is 121 Å². The van der Waals surface area contributed by atoms with Crippen molar-refractivity contribution in [3.63, 3.8) is 0 Å². The molecule has 3 N–H and O–H groups in total.